The van der Waals surface area contributed by atoms with E-state index in [1.54, 1.807) is 0 Å². The second kappa shape index (κ2) is 9.52. The standard InChI is InChI=1S/C17H32N2/c1-2-4-8-14-19-15-9-5-7-12-17(11-6-3-1)18-13-10-16-19/h1-16H2. The molecule has 0 spiro atoms. The molecule has 0 aliphatic carbocycles. The first-order valence-corrected chi connectivity index (χ1v) is 8.70. The normalized spacial score (nSPS) is 28.6. The third-order valence-corrected chi connectivity index (χ3v) is 4.60. The molecule has 19 heavy (non-hydrogen) atoms. The number of nitrogens with zero attached hydrogens (tertiary/aromatic N) is 2. The van der Waals surface area contributed by atoms with Crippen LogP contribution in [0.1, 0.15) is 77.0 Å². The van der Waals surface area contributed by atoms with E-state index in [1.807, 2.05) is 0 Å². The molecule has 1 unspecified atom stereocenters. The summed E-state index contributed by atoms with van der Waals surface area (Å²) in [5, 5.41) is 0. The highest BCUT2D eigenvalue weighted by Gasteiger charge is 2.08. The smallest absolute Gasteiger partial charge is 0.0400 e. The van der Waals surface area contributed by atoms with Gasteiger partial charge in [0.25, 0.3) is 0 Å². The molecule has 2 nitrogen and oxygen atoms in total. The molecule has 0 N–H and O–H groups in total. The number of rotatable bonds is 0. The van der Waals surface area contributed by atoms with Crippen LogP contribution in [-0.2, 0) is 0 Å². The van der Waals surface area contributed by atoms with Gasteiger partial charge in [-0.2, -0.15) is 0 Å². The van der Waals surface area contributed by atoms with E-state index in [4.69, 9.17) is 4.99 Å². The van der Waals surface area contributed by atoms with Crippen LogP contribution in [0.5, 0.6) is 0 Å². The Kier molecular flexibility index (Phi) is 7.53. The lowest BCUT2D eigenvalue weighted by molar-refractivity contribution is 0.260. The Hall–Kier alpha value is -0.370. The molecule has 0 saturated heterocycles. The predicted octanol–water partition coefficient (Wildman–Crippen LogP) is 4.44. The molecule has 2 rings (SSSR count). The lowest BCUT2D eigenvalue weighted by atomic mass is 10.0. The van der Waals surface area contributed by atoms with E-state index in [0.29, 0.717) is 0 Å². The van der Waals surface area contributed by atoms with Crippen molar-refractivity contribution in [2.24, 2.45) is 4.99 Å². The molecule has 0 fully saturated rings. The molecule has 2 bridgehead atoms. The lowest BCUT2D eigenvalue weighted by Crippen LogP contribution is -2.27. The Morgan fingerprint density at radius 2 is 1.11 bits per heavy atom. The summed E-state index contributed by atoms with van der Waals surface area (Å²) in [4.78, 5) is 7.60. The van der Waals surface area contributed by atoms with Gasteiger partial charge in [0, 0.05) is 12.3 Å². The zero-order chi connectivity index (χ0) is 13.2. The first-order valence-electron chi connectivity index (χ1n) is 8.70. The Morgan fingerprint density at radius 1 is 0.579 bits per heavy atom. The summed E-state index contributed by atoms with van der Waals surface area (Å²) in [5.41, 5.74) is 1.53. The van der Waals surface area contributed by atoms with Crippen LogP contribution in [0.25, 0.3) is 0 Å². The van der Waals surface area contributed by atoms with E-state index in [0.717, 1.165) is 6.54 Å². The second-order valence-corrected chi connectivity index (χ2v) is 6.33. The molecule has 0 radical (unpaired) electrons. The third-order valence-electron chi connectivity index (χ3n) is 4.60. The summed E-state index contributed by atoms with van der Waals surface area (Å²) in [6.45, 7) is 5.01. The van der Waals surface area contributed by atoms with Gasteiger partial charge in [0.1, 0.15) is 0 Å². The number of hydrogen-bond donors (Lipinski definition) is 0. The molecule has 0 aromatic heterocycles. The molecule has 110 valence electrons. The van der Waals surface area contributed by atoms with Gasteiger partial charge in [0.2, 0.25) is 0 Å². The van der Waals surface area contributed by atoms with Gasteiger partial charge in [-0.25, -0.2) is 0 Å². The van der Waals surface area contributed by atoms with Crippen molar-refractivity contribution in [2.75, 3.05) is 26.2 Å². The highest BCUT2D eigenvalue weighted by atomic mass is 15.1. The average molecular weight is 264 g/mol. The van der Waals surface area contributed by atoms with Gasteiger partial charge in [-0.3, -0.25) is 4.99 Å². The molecule has 0 saturated carbocycles. The summed E-state index contributed by atoms with van der Waals surface area (Å²) in [6, 6.07) is 0. The molecule has 2 heteroatoms. The maximum absolute atomic E-state index is 4.90. The molecular formula is C17H32N2. The topological polar surface area (TPSA) is 15.6 Å². The van der Waals surface area contributed by atoms with Crippen LogP contribution < -0.4 is 0 Å². The predicted molar refractivity (Wildman–Crippen MR) is 84.1 cm³/mol. The second-order valence-electron chi connectivity index (χ2n) is 6.33. The molecule has 0 aromatic rings. The van der Waals surface area contributed by atoms with E-state index < -0.39 is 0 Å². The maximum atomic E-state index is 4.90. The number of fused-ring (bicyclic) bond motifs is 4. The van der Waals surface area contributed by atoms with Crippen molar-refractivity contribution in [2.45, 2.75) is 77.0 Å². The minimum Gasteiger partial charge on any atom is -0.303 e. The van der Waals surface area contributed by atoms with Crippen molar-refractivity contribution in [3.63, 3.8) is 0 Å². The van der Waals surface area contributed by atoms with E-state index in [9.17, 15) is 0 Å². The number of aliphatic imine (C=N–C) groups is 1. The van der Waals surface area contributed by atoms with Gasteiger partial charge in [-0.1, -0.05) is 32.1 Å². The highest BCUT2D eigenvalue weighted by molar-refractivity contribution is 5.84. The molecule has 1 atom stereocenters. The summed E-state index contributed by atoms with van der Waals surface area (Å²) in [5.74, 6) is 0. The Morgan fingerprint density at radius 3 is 1.84 bits per heavy atom. The zero-order valence-electron chi connectivity index (χ0n) is 12.7. The highest BCUT2D eigenvalue weighted by Crippen LogP contribution is 2.14. The first kappa shape index (κ1) is 15.0. The Labute approximate surface area is 119 Å². The maximum Gasteiger partial charge on any atom is 0.0400 e. The van der Waals surface area contributed by atoms with Crippen molar-refractivity contribution in [1.29, 1.82) is 0 Å². The SMILES string of the molecule is C1CCCCN2CCCCCC(=NCCC2)CCC1. The van der Waals surface area contributed by atoms with Crippen LogP contribution >= 0.6 is 0 Å². The van der Waals surface area contributed by atoms with E-state index >= 15 is 0 Å². The molecule has 2 aliphatic heterocycles. The summed E-state index contributed by atoms with van der Waals surface area (Å²) < 4.78 is 0. The van der Waals surface area contributed by atoms with Gasteiger partial charge < -0.3 is 4.90 Å². The van der Waals surface area contributed by atoms with Crippen LogP contribution in [-0.4, -0.2) is 36.8 Å². The fraction of sp³-hybridized carbons (Fsp3) is 0.941. The quantitative estimate of drug-likeness (QED) is 0.631. The van der Waals surface area contributed by atoms with Crippen LogP contribution in [0.2, 0.25) is 0 Å². The van der Waals surface area contributed by atoms with Crippen LogP contribution in [0.4, 0.5) is 0 Å². The van der Waals surface area contributed by atoms with Crippen molar-refractivity contribution >= 4 is 5.71 Å². The van der Waals surface area contributed by atoms with Crippen molar-refractivity contribution in [3.05, 3.63) is 0 Å². The summed E-state index contributed by atoms with van der Waals surface area (Å²) in [6.07, 6.45) is 16.5. The third kappa shape index (κ3) is 6.56. The minimum absolute atomic E-state index is 1.08. The van der Waals surface area contributed by atoms with Crippen LogP contribution in [0.3, 0.4) is 0 Å². The van der Waals surface area contributed by atoms with E-state index in [1.165, 1.54) is 102 Å². The minimum atomic E-state index is 1.08. The van der Waals surface area contributed by atoms with Crippen molar-refractivity contribution in [1.82, 2.24) is 4.90 Å². The first-order chi connectivity index (χ1) is 9.45. The lowest BCUT2D eigenvalue weighted by Gasteiger charge is -2.21. The average Bonchev–Trinajstić information content (AvgIpc) is 2.48. The van der Waals surface area contributed by atoms with E-state index in [-0.39, 0.29) is 0 Å². The van der Waals surface area contributed by atoms with Gasteiger partial charge in [-0.05, 0) is 64.6 Å². The molecule has 2 heterocycles. The van der Waals surface area contributed by atoms with Crippen molar-refractivity contribution in [3.8, 4) is 0 Å². The fourth-order valence-corrected chi connectivity index (χ4v) is 3.36. The van der Waals surface area contributed by atoms with Gasteiger partial charge in [-0.15, -0.1) is 0 Å². The summed E-state index contributed by atoms with van der Waals surface area (Å²) in [7, 11) is 0. The molecule has 0 amide bonds. The number of hydrogen-bond acceptors (Lipinski definition) is 2. The van der Waals surface area contributed by atoms with Gasteiger partial charge >= 0.3 is 0 Å². The fourth-order valence-electron chi connectivity index (χ4n) is 3.36. The molecule has 2 aliphatic rings. The van der Waals surface area contributed by atoms with Gasteiger partial charge in [0.05, 0.1) is 0 Å². The van der Waals surface area contributed by atoms with Crippen molar-refractivity contribution < 1.29 is 0 Å². The molecular weight excluding hydrogens is 232 g/mol. The van der Waals surface area contributed by atoms with E-state index in [2.05, 4.69) is 4.90 Å². The summed E-state index contributed by atoms with van der Waals surface area (Å²) >= 11 is 0. The van der Waals surface area contributed by atoms with Crippen LogP contribution in [0, 0.1) is 0 Å². The monoisotopic (exact) mass is 264 g/mol. The van der Waals surface area contributed by atoms with Gasteiger partial charge in [0.15, 0.2) is 0 Å². The van der Waals surface area contributed by atoms with Crippen LogP contribution in [0.15, 0.2) is 4.99 Å². The zero-order valence-corrected chi connectivity index (χ0v) is 12.7. The Bertz CT molecular complexity index is 260. The molecule has 0 aromatic carbocycles. The Balaban J connectivity index is 1.93. The largest absolute Gasteiger partial charge is 0.303 e.